The van der Waals surface area contributed by atoms with Gasteiger partial charge in [-0.25, -0.2) is 4.98 Å². The van der Waals surface area contributed by atoms with Gasteiger partial charge in [-0.05, 0) is 29.7 Å². The molecule has 0 bridgehead atoms. The van der Waals surface area contributed by atoms with Crippen LogP contribution in [-0.4, -0.2) is 16.5 Å². The van der Waals surface area contributed by atoms with E-state index in [2.05, 4.69) is 9.97 Å². The number of hydrogen-bond acceptors (Lipinski definition) is 4. The van der Waals surface area contributed by atoms with Crippen LogP contribution in [0, 0.1) is 11.3 Å². The van der Waals surface area contributed by atoms with Crippen LogP contribution < -0.4 is 4.90 Å². The molecule has 1 aliphatic rings. The number of hydrogen-bond donors (Lipinski definition) is 0. The van der Waals surface area contributed by atoms with Crippen molar-refractivity contribution in [2.75, 3.05) is 11.4 Å². The molecule has 3 rings (SSSR count). The van der Waals surface area contributed by atoms with E-state index in [1.165, 1.54) is 24.5 Å². The second kappa shape index (κ2) is 5.30. The number of halogens is 3. The molecule has 0 saturated carbocycles. The van der Waals surface area contributed by atoms with Gasteiger partial charge in [0.2, 0.25) is 0 Å². The minimum absolute atomic E-state index is 0.187. The number of nitriles is 1. The molecule has 2 heterocycles. The molecule has 1 aromatic carbocycles. The molecule has 22 heavy (non-hydrogen) atoms. The van der Waals surface area contributed by atoms with Gasteiger partial charge < -0.3 is 4.90 Å². The summed E-state index contributed by atoms with van der Waals surface area (Å²) in [6.45, 7) is 0.949. The number of fused-ring (bicyclic) bond motifs is 1. The van der Waals surface area contributed by atoms with Gasteiger partial charge in [-0.1, -0.05) is 6.07 Å². The Morgan fingerprint density at radius 2 is 2.00 bits per heavy atom. The molecular weight excluding hydrogens is 293 g/mol. The summed E-state index contributed by atoms with van der Waals surface area (Å²) >= 11 is 0. The summed E-state index contributed by atoms with van der Waals surface area (Å²) in [5.41, 5.74) is 1.08. The molecule has 1 aromatic heterocycles. The van der Waals surface area contributed by atoms with E-state index < -0.39 is 11.7 Å². The highest BCUT2D eigenvalue weighted by atomic mass is 19.4. The van der Waals surface area contributed by atoms with E-state index >= 15 is 0 Å². The molecule has 1 aliphatic heterocycles. The molecule has 2 aromatic rings. The van der Waals surface area contributed by atoms with Gasteiger partial charge in [0.1, 0.15) is 11.9 Å². The van der Waals surface area contributed by atoms with E-state index in [9.17, 15) is 13.2 Å². The summed E-state index contributed by atoms with van der Waals surface area (Å²) in [5.74, 6) is 0.502. The molecule has 0 saturated heterocycles. The quantitative estimate of drug-likeness (QED) is 0.813. The molecule has 0 fully saturated rings. The first-order chi connectivity index (χ1) is 10.5. The Balaban J connectivity index is 1.91. The summed E-state index contributed by atoms with van der Waals surface area (Å²) in [4.78, 5) is 9.91. The zero-order valence-electron chi connectivity index (χ0n) is 11.4. The van der Waals surface area contributed by atoms with Crippen molar-refractivity contribution < 1.29 is 13.2 Å². The zero-order chi connectivity index (χ0) is 15.7. The van der Waals surface area contributed by atoms with Gasteiger partial charge in [-0.2, -0.15) is 18.4 Å². The van der Waals surface area contributed by atoms with Gasteiger partial charge in [-0.3, -0.25) is 4.98 Å². The van der Waals surface area contributed by atoms with Gasteiger partial charge in [0.05, 0.1) is 18.0 Å². The Morgan fingerprint density at radius 3 is 2.73 bits per heavy atom. The third kappa shape index (κ3) is 2.72. The lowest BCUT2D eigenvalue weighted by atomic mass is 9.97. The number of anilines is 1. The van der Waals surface area contributed by atoms with Gasteiger partial charge >= 0.3 is 6.18 Å². The average molecular weight is 304 g/mol. The SMILES string of the molecule is N#Cc1cncc(N2CCc3ccc(C(F)(F)F)cc3C2)n1. The topological polar surface area (TPSA) is 52.8 Å². The zero-order valence-corrected chi connectivity index (χ0v) is 11.4. The average Bonchev–Trinajstić information content (AvgIpc) is 2.53. The van der Waals surface area contributed by atoms with Crippen molar-refractivity contribution in [2.45, 2.75) is 19.1 Å². The molecule has 0 unspecified atom stereocenters. The van der Waals surface area contributed by atoms with E-state index in [0.29, 0.717) is 30.9 Å². The van der Waals surface area contributed by atoms with Crippen LogP contribution in [0.1, 0.15) is 22.4 Å². The van der Waals surface area contributed by atoms with Crippen molar-refractivity contribution in [1.29, 1.82) is 5.26 Å². The molecule has 112 valence electrons. The lowest BCUT2D eigenvalue weighted by molar-refractivity contribution is -0.137. The summed E-state index contributed by atoms with van der Waals surface area (Å²) in [6.07, 6.45) is -0.855. The molecule has 7 heteroatoms. The minimum Gasteiger partial charge on any atom is -0.351 e. The van der Waals surface area contributed by atoms with Gasteiger partial charge in [0, 0.05) is 13.1 Å². The van der Waals surface area contributed by atoms with Gasteiger partial charge in [0.15, 0.2) is 5.69 Å². The van der Waals surface area contributed by atoms with Crippen LogP contribution >= 0.6 is 0 Å². The van der Waals surface area contributed by atoms with Crippen molar-refractivity contribution in [2.24, 2.45) is 0 Å². The molecule has 0 N–H and O–H groups in total. The van der Waals surface area contributed by atoms with Crippen molar-refractivity contribution in [3.8, 4) is 6.07 Å². The molecule has 0 aliphatic carbocycles. The number of nitrogens with zero attached hydrogens (tertiary/aromatic N) is 4. The Hall–Kier alpha value is -2.62. The first-order valence-corrected chi connectivity index (χ1v) is 6.63. The fraction of sp³-hybridized carbons (Fsp3) is 0.267. The van der Waals surface area contributed by atoms with Crippen LogP contribution in [0.25, 0.3) is 0 Å². The standard InChI is InChI=1S/C15H11F3N4/c16-15(17,18)12-2-1-10-3-4-22(9-11(10)5-12)14-8-20-7-13(6-19)21-14/h1-2,5,7-8H,3-4,9H2. The van der Waals surface area contributed by atoms with Crippen LogP contribution in [0.5, 0.6) is 0 Å². The van der Waals surface area contributed by atoms with Crippen LogP contribution in [0.4, 0.5) is 19.0 Å². The minimum atomic E-state index is -4.35. The highest BCUT2D eigenvalue weighted by Crippen LogP contribution is 2.32. The van der Waals surface area contributed by atoms with E-state index in [1.54, 1.807) is 0 Å². The number of benzene rings is 1. The third-order valence-corrected chi connectivity index (χ3v) is 3.61. The van der Waals surface area contributed by atoms with Crippen molar-refractivity contribution >= 4 is 5.82 Å². The predicted molar refractivity (Wildman–Crippen MR) is 72.9 cm³/mol. The van der Waals surface area contributed by atoms with Crippen molar-refractivity contribution in [1.82, 2.24) is 9.97 Å². The molecule has 0 spiro atoms. The Morgan fingerprint density at radius 1 is 1.18 bits per heavy atom. The van der Waals surface area contributed by atoms with E-state index in [0.717, 1.165) is 11.6 Å². The molecule has 0 radical (unpaired) electrons. The number of rotatable bonds is 1. The maximum Gasteiger partial charge on any atom is 0.416 e. The largest absolute Gasteiger partial charge is 0.416 e. The Kier molecular flexibility index (Phi) is 3.45. The molecular formula is C15H11F3N4. The summed E-state index contributed by atoms with van der Waals surface area (Å²) in [5, 5.41) is 8.85. The first-order valence-electron chi connectivity index (χ1n) is 6.63. The molecule has 4 nitrogen and oxygen atoms in total. The van der Waals surface area contributed by atoms with Gasteiger partial charge in [0.25, 0.3) is 0 Å². The van der Waals surface area contributed by atoms with Crippen molar-refractivity contribution in [3.05, 3.63) is 53.0 Å². The highest BCUT2D eigenvalue weighted by molar-refractivity contribution is 5.45. The lowest BCUT2D eigenvalue weighted by Gasteiger charge is -2.30. The highest BCUT2D eigenvalue weighted by Gasteiger charge is 2.31. The van der Waals surface area contributed by atoms with Crippen LogP contribution in [0.3, 0.4) is 0 Å². The van der Waals surface area contributed by atoms with E-state index in [1.807, 2.05) is 11.0 Å². The Bertz CT molecular complexity index is 749. The predicted octanol–water partition coefficient (Wildman–Crippen LogP) is 2.93. The fourth-order valence-electron chi connectivity index (χ4n) is 2.49. The smallest absolute Gasteiger partial charge is 0.351 e. The molecule has 0 amide bonds. The second-order valence-electron chi connectivity index (χ2n) is 5.03. The van der Waals surface area contributed by atoms with E-state index in [-0.39, 0.29) is 5.69 Å². The first kappa shape index (κ1) is 14.3. The summed E-state index contributed by atoms with van der Waals surface area (Å²) in [6, 6.07) is 5.74. The summed E-state index contributed by atoms with van der Waals surface area (Å²) < 4.78 is 38.4. The maximum absolute atomic E-state index is 12.8. The number of aromatic nitrogens is 2. The van der Waals surface area contributed by atoms with Crippen LogP contribution in [0.2, 0.25) is 0 Å². The van der Waals surface area contributed by atoms with Crippen molar-refractivity contribution in [3.63, 3.8) is 0 Å². The van der Waals surface area contributed by atoms with Gasteiger partial charge in [-0.15, -0.1) is 0 Å². The second-order valence-corrected chi connectivity index (χ2v) is 5.03. The van der Waals surface area contributed by atoms with Crippen LogP contribution in [-0.2, 0) is 19.1 Å². The lowest BCUT2D eigenvalue weighted by Crippen LogP contribution is -2.31. The Labute approximate surface area is 124 Å². The van der Waals surface area contributed by atoms with Crippen LogP contribution in [0.15, 0.2) is 30.6 Å². The monoisotopic (exact) mass is 304 g/mol. The third-order valence-electron chi connectivity index (χ3n) is 3.61. The number of alkyl halides is 3. The molecule has 0 atom stereocenters. The fourth-order valence-corrected chi connectivity index (χ4v) is 2.49. The van der Waals surface area contributed by atoms with E-state index in [4.69, 9.17) is 5.26 Å². The maximum atomic E-state index is 12.8. The summed E-state index contributed by atoms with van der Waals surface area (Å²) in [7, 11) is 0. The normalized spacial score (nSPS) is 14.4.